The highest BCUT2D eigenvalue weighted by molar-refractivity contribution is 7.99. The molecule has 0 spiro atoms. The number of aromatic nitrogens is 4. The van der Waals surface area contributed by atoms with E-state index in [9.17, 15) is 4.79 Å². The van der Waals surface area contributed by atoms with Gasteiger partial charge in [0.15, 0.2) is 11.0 Å². The van der Waals surface area contributed by atoms with Gasteiger partial charge in [0.05, 0.1) is 0 Å². The largest absolute Gasteiger partial charge is 0.388 e. The number of hydrogen-bond acceptors (Lipinski definition) is 9. The average molecular weight is 481 g/mol. The van der Waals surface area contributed by atoms with Gasteiger partial charge in [-0.3, -0.25) is 10.00 Å². The SMILES string of the molecule is CNc1ccc(Sc2nc(Nc3cc(C)[nH]n3)cc(N3CCN(CCCCC=O)CC3)n2)cc1. The van der Waals surface area contributed by atoms with Crippen molar-refractivity contribution in [2.24, 2.45) is 0 Å². The lowest BCUT2D eigenvalue weighted by molar-refractivity contribution is -0.107. The average Bonchev–Trinajstić information content (AvgIpc) is 3.27. The highest BCUT2D eigenvalue weighted by atomic mass is 32.2. The van der Waals surface area contributed by atoms with Gasteiger partial charge in [0.1, 0.15) is 17.9 Å². The van der Waals surface area contributed by atoms with E-state index in [1.54, 1.807) is 11.8 Å². The van der Waals surface area contributed by atoms with Gasteiger partial charge in [-0.25, -0.2) is 9.97 Å². The maximum atomic E-state index is 10.5. The Morgan fingerprint density at radius 3 is 2.53 bits per heavy atom. The number of H-pyrrole nitrogens is 1. The first kappa shape index (κ1) is 24.0. The summed E-state index contributed by atoms with van der Waals surface area (Å²) >= 11 is 1.55. The summed E-state index contributed by atoms with van der Waals surface area (Å²) in [6.07, 6.45) is 3.70. The number of piperazine rings is 1. The molecule has 1 fully saturated rings. The quantitative estimate of drug-likeness (QED) is 0.214. The Balaban J connectivity index is 1.48. The fourth-order valence-electron chi connectivity index (χ4n) is 3.86. The van der Waals surface area contributed by atoms with Crippen LogP contribution in [0, 0.1) is 6.92 Å². The van der Waals surface area contributed by atoms with E-state index in [-0.39, 0.29) is 0 Å². The number of aromatic amines is 1. The fraction of sp³-hybridized carbons (Fsp3) is 0.417. The van der Waals surface area contributed by atoms with E-state index in [4.69, 9.17) is 9.97 Å². The minimum absolute atomic E-state index is 0.657. The molecule has 2 aromatic heterocycles. The first-order valence-corrected chi connectivity index (χ1v) is 12.5. The molecule has 1 saturated heterocycles. The van der Waals surface area contributed by atoms with Gasteiger partial charge >= 0.3 is 0 Å². The molecule has 0 amide bonds. The van der Waals surface area contributed by atoms with Crippen LogP contribution in [0.15, 0.2) is 46.5 Å². The summed E-state index contributed by atoms with van der Waals surface area (Å²) in [6, 6.07) is 12.2. The van der Waals surface area contributed by atoms with Crippen LogP contribution < -0.4 is 15.5 Å². The van der Waals surface area contributed by atoms with E-state index < -0.39 is 0 Å². The maximum absolute atomic E-state index is 10.5. The Morgan fingerprint density at radius 2 is 1.85 bits per heavy atom. The topological polar surface area (TPSA) is 102 Å². The Labute approximate surface area is 204 Å². The summed E-state index contributed by atoms with van der Waals surface area (Å²) in [5.41, 5.74) is 2.06. The number of anilines is 4. The van der Waals surface area contributed by atoms with Crippen molar-refractivity contribution in [2.75, 3.05) is 55.3 Å². The molecule has 9 nitrogen and oxygen atoms in total. The summed E-state index contributed by atoms with van der Waals surface area (Å²) < 4.78 is 0. The van der Waals surface area contributed by atoms with Crippen molar-refractivity contribution in [1.29, 1.82) is 0 Å². The number of carbonyl (C=O) groups is 1. The molecule has 3 N–H and O–H groups in total. The predicted octanol–water partition coefficient (Wildman–Crippen LogP) is 3.94. The molecule has 180 valence electrons. The van der Waals surface area contributed by atoms with E-state index in [2.05, 4.69) is 42.8 Å². The molecule has 3 aromatic rings. The third kappa shape index (κ3) is 6.71. The molecule has 0 bridgehead atoms. The first-order chi connectivity index (χ1) is 16.6. The lowest BCUT2D eigenvalue weighted by Gasteiger charge is -2.35. The van der Waals surface area contributed by atoms with Crippen molar-refractivity contribution in [1.82, 2.24) is 25.1 Å². The highest BCUT2D eigenvalue weighted by Crippen LogP contribution is 2.30. The van der Waals surface area contributed by atoms with E-state index >= 15 is 0 Å². The lowest BCUT2D eigenvalue weighted by Crippen LogP contribution is -2.47. The Kier molecular flexibility index (Phi) is 8.37. The monoisotopic (exact) mass is 480 g/mol. The number of hydrogen-bond donors (Lipinski definition) is 3. The molecule has 1 aliphatic heterocycles. The molecule has 0 unspecified atom stereocenters. The van der Waals surface area contributed by atoms with Gasteiger partial charge in [-0.1, -0.05) is 0 Å². The van der Waals surface area contributed by atoms with Crippen molar-refractivity contribution in [2.45, 2.75) is 36.2 Å². The number of benzene rings is 1. The molecule has 1 aromatic carbocycles. The van der Waals surface area contributed by atoms with Crippen LogP contribution in [-0.4, -0.2) is 71.1 Å². The Hall–Kier alpha value is -3.11. The highest BCUT2D eigenvalue weighted by Gasteiger charge is 2.20. The second-order valence-electron chi connectivity index (χ2n) is 8.32. The van der Waals surface area contributed by atoms with Crippen molar-refractivity contribution >= 4 is 41.2 Å². The summed E-state index contributed by atoms with van der Waals surface area (Å²) in [5, 5.41) is 14.4. The standard InChI is InChI=1S/C24H32N8OS/c1-18-16-22(30-29-18)26-21-17-23(32-13-11-31(12-14-32)10-4-3-5-15-33)28-24(27-21)34-20-8-6-19(25-2)7-9-20/h6-9,15-17,25H,3-5,10-14H2,1-2H3,(H2,26,27,28,29,30). The molecule has 0 aliphatic carbocycles. The van der Waals surface area contributed by atoms with E-state index in [0.717, 1.165) is 85.6 Å². The molecular weight excluding hydrogens is 448 g/mol. The summed E-state index contributed by atoms with van der Waals surface area (Å²) in [6.45, 7) is 6.80. The third-order valence-electron chi connectivity index (χ3n) is 5.75. The summed E-state index contributed by atoms with van der Waals surface area (Å²) in [5.74, 6) is 2.37. The minimum atomic E-state index is 0.657. The van der Waals surface area contributed by atoms with Crippen LogP contribution in [0.1, 0.15) is 25.0 Å². The second-order valence-corrected chi connectivity index (χ2v) is 9.36. The molecule has 3 heterocycles. The zero-order valence-electron chi connectivity index (χ0n) is 19.8. The van der Waals surface area contributed by atoms with Gasteiger partial charge in [-0.05, 0) is 62.3 Å². The van der Waals surface area contributed by atoms with Gasteiger partial charge < -0.3 is 20.3 Å². The number of aryl methyl sites for hydroxylation is 1. The molecule has 34 heavy (non-hydrogen) atoms. The normalized spacial score (nSPS) is 14.2. The van der Waals surface area contributed by atoms with Gasteiger partial charge in [-0.2, -0.15) is 5.10 Å². The van der Waals surface area contributed by atoms with E-state index in [0.29, 0.717) is 11.6 Å². The number of rotatable bonds is 11. The van der Waals surface area contributed by atoms with Gasteiger partial charge in [0.2, 0.25) is 0 Å². The predicted molar refractivity (Wildman–Crippen MR) is 137 cm³/mol. The molecule has 1 aliphatic rings. The van der Waals surface area contributed by atoms with Crippen molar-refractivity contribution < 1.29 is 4.79 Å². The molecule has 0 atom stereocenters. The number of carbonyl (C=O) groups excluding carboxylic acids is 1. The first-order valence-electron chi connectivity index (χ1n) is 11.7. The minimum Gasteiger partial charge on any atom is -0.388 e. The zero-order valence-corrected chi connectivity index (χ0v) is 20.6. The summed E-state index contributed by atoms with van der Waals surface area (Å²) in [7, 11) is 1.91. The van der Waals surface area contributed by atoms with Crippen LogP contribution in [0.2, 0.25) is 0 Å². The smallest absolute Gasteiger partial charge is 0.196 e. The Bertz CT molecular complexity index is 1060. The number of nitrogens with one attached hydrogen (secondary N) is 3. The lowest BCUT2D eigenvalue weighted by atomic mass is 10.2. The van der Waals surface area contributed by atoms with Crippen LogP contribution in [-0.2, 0) is 4.79 Å². The van der Waals surface area contributed by atoms with Gasteiger partial charge in [-0.15, -0.1) is 0 Å². The molecule has 0 radical (unpaired) electrons. The fourth-order valence-corrected chi connectivity index (χ4v) is 4.62. The Morgan fingerprint density at radius 1 is 1.06 bits per heavy atom. The van der Waals surface area contributed by atoms with E-state index in [1.165, 1.54) is 0 Å². The molecule has 0 saturated carbocycles. The van der Waals surface area contributed by atoms with Gasteiger partial charge in [0.25, 0.3) is 0 Å². The van der Waals surface area contributed by atoms with Crippen molar-refractivity contribution in [3.05, 3.63) is 42.1 Å². The second kappa shape index (κ2) is 11.8. The van der Waals surface area contributed by atoms with Crippen LogP contribution in [0.25, 0.3) is 0 Å². The van der Waals surface area contributed by atoms with Crippen molar-refractivity contribution in [3.63, 3.8) is 0 Å². The maximum Gasteiger partial charge on any atom is 0.196 e. The summed E-state index contributed by atoms with van der Waals surface area (Å²) in [4.78, 5) is 26.0. The van der Waals surface area contributed by atoms with Crippen molar-refractivity contribution in [3.8, 4) is 0 Å². The number of unbranched alkanes of at least 4 members (excludes halogenated alkanes) is 2. The molecular formula is C24H32N8OS. The number of nitrogens with zero attached hydrogens (tertiary/aromatic N) is 5. The third-order valence-corrected chi connectivity index (χ3v) is 6.62. The van der Waals surface area contributed by atoms with Crippen LogP contribution in [0.4, 0.5) is 23.1 Å². The van der Waals surface area contributed by atoms with Gasteiger partial charge in [0, 0.05) is 68.1 Å². The molecule has 10 heteroatoms. The molecule has 4 rings (SSSR count). The van der Waals surface area contributed by atoms with Crippen LogP contribution in [0.3, 0.4) is 0 Å². The zero-order chi connectivity index (χ0) is 23.8. The van der Waals surface area contributed by atoms with Crippen LogP contribution in [0.5, 0.6) is 0 Å². The van der Waals surface area contributed by atoms with Crippen LogP contribution >= 0.6 is 11.8 Å². The van der Waals surface area contributed by atoms with E-state index in [1.807, 2.05) is 38.2 Å². The number of aldehydes is 1.